The third-order valence-electron chi connectivity index (χ3n) is 3.24. The van der Waals surface area contributed by atoms with Crippen molar-refractivity contribution in [3.63, 3.8) is 0 Å². The van der Waals surface area contributed by atoms with Gasteiger partial charge in [-0.2, -0.15) is 13.2 Å². The molecule has 0 aliphatic carbocycles. The Balaban J connectivity index is 0.00000116. The lowest BCUT2D eigenvalue weighted by Crippen LogP contribution is -2.39. The number of carbonyl (C=O) groups is 1. The molecule has 0 amide bonds. The molecule has 1 heterocycles. The lowest BCUT2D eigenvalue weighted by atomic mass is 10.1. The number of aliphatic carboxylic acids is 1. The van der Waals surface area contributed by atoms with Crippen LogP contribution in [0.3, 0.4) is 0 Å². The molecule has 5 nitrogen and oxygen atoms in total. The normalized spacial score (nSPS) is 17.7. The SMILES string of the molecule is NO.O=C(O)[C@H]1CCCN1C(=S)c1cccc(C(F)(F)F)c1. The molecule has 2 rings (SSSR count). The molecule has 0 spiro atoms. The number of likely N-dealkylation sites (tertiary alicyclic amines) is 1. The van der Waals surface area contributed by atoms with E-state index in [1.54, 1.807) is 0 Å². The van der Waals surface area contributed by atoms with Gasteiger partial charge in [0.15, 0.2) is 0 Å². The Labute approximate surface area is 130 Å². The molecule has 0 radical (unpaired) electrons. The van der Waals surface area contributed by atoms with Gasteiger partial charge in [-0.25, -0.2) is 10.7 Å². The van der Waals surface area contributed by atoms with Crippen LogP contribution >= 0.6 is 12.2 Å². The van der Waals surface area contributed by atoms with Gasteiger partial charge in [0.1, 0.15) is 11.0 Å². The van der Waals surface area contributed by atoms with Crippen molar-refractivity contribution in [2.24, 2.45) is 5.90 Å². The van der Waals surface area contributed by atoms with E-state index >= 15 is 0 Å². The summed E-state index contributed by atoms with van der Waals surface area (Å²) in [5.74, 6) is 2.50. The van der Waals surface area contributed by atoms with Crippen molar-refractivity contribution in [1.82, 2.24) is 4.90 Å². The van der Waals surface area contributed by atoms with Gasteiger partial charge in [-0.3, -0.25) is 0 Å². The van der Waals surface area contributed by atoms with E-state index in [-0.39, 0.29) is 10.6 Å². The quantitative estimate of drug-likeness (QED) is 0.567. The molecule has 1 aromatic rings. The van der Waals surface area contributed by atoms with Crippen LogP contribution in [0.15, 0.2) is 24.3 Å². The maximum absolute atomic E-state index is 12.7. The Bertz CT molecular complexity index is 552. The Hall–Kier alpha value is -1.71. The number of thiocarbonyl (C=S) groups is 1. The lowest BCUT2D eigenvalue weighted by Gasteiger charge is -2.24. The van der Waals surface area contributed by atoms with Gasteiger partial charge in [-0.05, 0) is 25.0 Å². The number of rotatable bonds is 2. The molecule has 1 aliphatic rings. The van der Waals surface area contributed by atoms with Crippen LogP contribution in [0, 0.1) is 0 Å². The van der Waals surface area contributed by atoms with Crippen molar-refractivity contribution < 1.29 is 28.3 Å². The highest BCUT2D eigenvalue weighted by Gasteiger charge is 2.34. The molecule has 9 heteroatoms. The van der Waals surface area contributed by atoms with Crippen LogP contribution in [0.2, 0.25) is 0 Å². The molecule has 0 aromatic heterocycles. The van der Waals surface area contributed by atoms with Crippen molar-refractivity contribution in [3.8, 4) is 0 Å². The fourth-order valence-corrected chi connectivity index (χ4v) is 2.61. The van der Waals surface area contributed by atoms with Gasteiger partial charge in [0.05, 0.1) is 5.56 Å². The summed E-state index contributed by atoms with van der Waals surface area (Å²) in [7, 11) is 0. The van der Waals surface area contributed by atoms with E-state index < -0.39 is 23.8 Å². The van der Waals surface area contributed by atoms with E-state index in [0.717, 1.165) is 12.1 Å². The smallest absolute Gasteiger partial charge is 0.416 e. The first-order chi connectivity index (χ1) is 10.3. The van der Waals surface area contributed by atoms with Crippen LogP contribution in [-0.4, -0.2) is 38.8 Å². The van der Waals surface area contributed by atoms with Crippen LogP contribution in [0.5, 0.6) is 0 Å². The fraction of sp³-hybridized carbons (Fsp3) is 0.385. The number of carboxylic acid groups (broad SMARTS) is 1. The molecule has 0 bridgehead atoms. The number of halogens is 3. The van der Waals surface area contributed by atoms with E-state index in [1.807, 2.05) is 0 Å². The monoisotopic (exact) mass is 336 g/mol. The Morgan fingerprint density at radius 1 is 1.36 bits per heavy atom. The molecule has 1 aliphatic heterocycles. The van der Waals surface area contributed by atoms with Crippen molar-refractivity contribution in [2.45, 2.75) is 25.1 Å². The third kappa shape index (κ3) is 4.15. The van der Waals surface area contributed by atoms with Gasteiger partial charge in [0.2, 0.25) is 0 Å². The van der Waals surface area contributed by atoms with E-state index in [2.05, 4.69) is 5.90 Å². The molecule has 0 saturated carbocycles. The van der Waals surface area contributed by atoms with E-state index in [0.29, 0.717) is 19.4 Å². The lowest BCUT2D eigenvalue weighted by molar-refractivity contribution is -0.141. The first-order valence-corrected chi connectivity index (χ1v) is 6.68. The van der Waals surface area contributed by atoms with Gasteiger partial charge in [-0.15, -0.1) is 0 Å². The molecule has 0 unspecified atom stereocenters. The minimum absolute atomic E-state index is 0.154. The predicted octanol–water partition coefficient (Wildman–Crippen LogP) is 2.26. The van der Waals surface area contributed by atoms with E-state index in [4.69, 9.17) is 22.5 Å². The molecule has 1 aromatic carbocycles. The minimum Gasteiger partial charge on any atom is -0.480 e. The maximum atomic E-state index is 12.7. The van der Waals surface area contributed by atoms with Crippen molar-refractivity contribution in [2.75, 3.05) is 6.54 Å². The Morgan fingerprint density at radius 3 is 2.55 bits per heavy atom. The highest BCUT2D eigenvalue weighted by molar-refractivity contribution is 7.80. The van der Waals surface area contributed by atoms with Crippen LogP contribution in [0.25, 0.3) is 0 Å². The van der Waals surface area contributed by atoms with Crippen LogP contribution < -0.4 is 5.90 Å². The zero-order valence-electron chi connectivity index (χ0n) is 11.4. The Kier molecular flexibility index (Phi) is 6.27. The summed E-state index contributed by atoms with van der Waals surface area (Å²) in [6, 6.07) is 3.91. The van der Waals surface area contributed by atoms with Gasteiger partial charge < -0.3 is 15.2 Å². The standard InChI is InChI=1S/C13H12F3NO2S.H3NO/c14-13(15,16)9-4-1-3-8(7-9)11(20)17-6-2-5-10(17)12(18)19;1-2/h1,3-4,7,10H,2,5-6H2,(H,18,19);2H,1H2/t10-;/m1./s1. The van der Waals surface area contributed by atoms with Crippen LogP contribution in [-0.2, 0) is 11.0 Å². The average Bonchev–Trinajstić information content (AvgIpc) is 2.97. The number of hydrogen-bond acceptors (Lipinski definition) is 4. The summed E-state index contributed by atoms with van der Waals surface area (Å²) < 4.78 is 38.0. The van der Waals surface area contributed by atoms with E-state index in [1.165, 1.54) is 17.0 Å². The van der Waals surface area contributed by atoms with Crippen molar-refractivity contribution in [3.05, 3.63) is 35.4 Å². The number of nitrogens with two attached hydrogens (primary N) is 1. The molecular formula is C13H15F3N2O3S. The number of alkyl halides is 3. The summed E-state index contributed by atoms with van der Waals surface area (Å²) in [6.07, 6.45) is -3.33. The van der Waals surface area contributed by atoms with Gasteiger partial charge in [0, 0.05) is 12.1 Å². The molecule has 1 atom stereocenters. The second-order valence-corrected chi connectivity index (χ2v) is 4.96. The number of nitrogens with zero attached hydrogens (tertiary/aromatic N) is 1. The second-order valence-electron chi connectivity index (χ2n) is 4.57. The number of benzene rings is 1. The van der Waals surface area contributed by atoms with Crippen LogP contribution in [0.4, 0.5) is 13.2 Å². The minimum atomic E-state index is -4.44. The fourth-order valence-electron chi connectivity index (χ4n) is 2.26. The summed E-state index contributed by atoms with van der Waals surface area (Å²) in [6.45, 7) is 0.450. The molecular weight excluding hydrogens is 321 g/mol. The van der Waals surface area contributed by atoms with Crippen molar-refractivity contribution in [1.29, 1.82) is 0 Å². The third-order valence-corrected chi connectivity index (χ3v) is 3.71. The number of carboxylic acids is 1. The summed E-state index contributed by atoms with van der Waals surface area (Å²) in [5, 5.41) is 15.6. The van der Waals surface area contributed by atoms with Gasteiger partial charge >= 0.3 is 12.1 Å². The topological polar surface area (TPSA) is 86.8 Å². The van der Waals surface area contributed by atoms with Crippen LogP contribution in [0.1, 0.15) is 24.0 Å². The maximum Gasteiger partial charge on any atom is 0.416 e. The number of hydrogen-bond donors (Lipinski definition) is 3. The first kappa shape index (κ1) is 18.3. The first-order valence-electron chi connectivity index (χ1n) is 6.27. The van der Waals surface area contributed by atoms with Gasteiger partial charge in [0.25, 0.3) is 0 Å². The molecule has 122 valence electrons. The van der Waals surface area contributed by atoms with Gasteiger partial charge in [-0.1, -0.05) is 24.4 Å². The summed E-state index contributed by atoms with van der Waals surface area (Å²) >= 11 is 5.15. The Morgan fingerprint density at radius 2 is 2.00 bits per heavy atom. The molecule has 1 fully saturated rings. The predicted molar refractivity (Wildman–Crippen MR) is 76.5 cm³/mol. The summed E-state index contributed by atoms with van der Waals surface area (Å²) in [4.78, 5) is 12.7. The highest BCUT2D eigenvalue weighted by atomic mass is 32.1. The molecule has 4 N–H and O–H groups in total. The zero-order chi connectivity index (χ0) is 16.9. The molecule has 1 saturated heterocycles. The average molecular weight is 336 g/mol. The highest BCUT2D eigenvalue weighted by Crippen LogP contribution is 2.30. The summed E-state index contributed by atoms with van der Waals surface area (Å²) in [5.41, 5.74) is -0.564. The second kappa shape index (κ2) is 7.52. The van der Waals surface area contributed by atoms with Crippen molar-refractivity contribution >= 4 is 23.2 Å². The largest absolute Gasteiger partial charge is 0.480 e. The molecule has 22 heavy (non-hydrogen) atoms. The van der Waals surface area contributed by atoms with E-state index in [9.17, 15) is 18.0 Å². The zero-order valence-corrected chi connectivity index (χ0v) is 12.2.